The van der Waals surface area contributed by atoms with Gasteiger partial charge >= 0.3 is 0 Å². The molecule has 0 unspecified atom stereocenters. The van der Waals surface area contributed by atoms with Gasteiger partial charge in [0.05, 0.1) is 6.54 Å². The molecular formula is C11H17ClFN3O3S2. The largest absolute Gasteiger partial charge is 0.353 e. The molecule has 0 spiro atoms. The molecule has 0 bridgehead atoms. The van der Waals surface area contributed by atoms with E-state index < -0.39 is 22.1 Å². The first-order valence-electron chi connectivity index (χ1n) is 6.14. The predicted molar refractivity (Wildman–Crippen MR) is 81.1 cm³/mol. The first-order chi connectivity index (χ1) is 9.47. The van der Waals surface area contributed by atoms with Crippen LogP contribution in [-0.4, -0.2) is 46.2 Å². The van der Waals surface area contributed by atoms with Gasteiger partial charge in [-0.25, -0.2) is 17.5 Å². The van der Waals surface area contributed by atoms with Crippen molar-refractivity contribution in [1.82, 2.24) is 15.4 Å². The highest BCUT2D eigenvalue weighted by molar-refractivity contribution is 7.91. The lowest BCUT2D eigenvalue weighted by Crippen LogP contribution is -2.42. The van der Waals surface area contributed by atoms with E-state index in [2.05, 4.69) is 15.4 Å². The van der Waals surface area contributed by atoms with Crippen LogP contribution >= 0.6 is 23.7 Å². The number of sulfonamides is 1. The summed E-state index contributed by atoms with van der Waals surface area (Å²) < 4.78 is 38.8. The zero-order valence-electron chi connectivity index (χ0n) is 11.0. The molecule has 2 rings (SSSR count). The minimum atomic E-state index is -3.63. The topological polar surface area (TPSA) is 87.3 Å². The van der Waals surface area contributed by atoms with Crippen LogP contribution in [0.4, 0.5) is 4.39 Å². The molecule has 2 heterocycles. The van der Waals surface area contributed by atoms with Crippen molar-refractivity contribution in [3.63, 3.8) is 0 Å². The summed E-state index contributed by atoms with van der Waals surface area (Å²) in [6.45, 7) is 0.261. The van der Waals surface area contributed by atoms with E-state index in [0.29, 0.717) is 19.5 Å². The van der Waals surface area contributed by atoms with E-state index in [1.165, 1.54) is 6.07 Å². The minimum absolute atomic E-state index is 0. The number of amides is 1. The van der Waals surface area contributed by atoms with Crippen LogP contribution in [0, 0.1) is 0 Å². The highest BCUT2D eigenvalue weighted by Gasteiger charge is 2.23. The molecule has 0 aliphatic carbocycles. The first kappa shape index (κ1) is 18.3. The SMILES string of the molecule is Cl.O=C(CNS(=O)(=O)c1cccs1)NC[C@@H]1C[C@H](F)CN1. The first-order valence-corrected chi connectivity index (χ1v) is 8.51. The number of rotatable bonds is 6. The Kier molecular flexibility index (Phi) is 7.01. The van der Waals surface area contributed by atoms with Crippen LogP contribution < -0.4 is 15.4 Å². The average molecular weight is 358 g/mol. The second-order valence-corrected chi connectivity index (χ2v) is 7.44. The van der Waals surface area contributed by atoms with Gasteiger partial charge in [-0.1, -0.05) is 6.07 Å². The fourth-order valence-electron chi connectivity index (χ4n) is 1.87. The van der Waals surface area contributed by atoms with Crippen molar-refractivity contribution in [2.75, 3.05) is 19.6 Å². The van der Waals surface area contributed by atoms with Crippen molar-refractivity contribution < 1.29 is 17.6 Å². The second kappa shape index (κ2) is 8.04. The van der Waals surface area contributed by atoms with Crippen LogP contribution in [0.3, 0.4) is 0 Å². The van der Waals surface area contributed by atoms with E-state index >= 15 is 0 Å². The molecule has 1 saturated heterocycles. The number of hydrogen-bond acceptors (Lipinski definition) is 5. The Labute approximate surface area is 133 Å². The minimum Gasteiger partial charge on any atom is -0.353 e. The molecule has 120 valence electrons. The van der Waals surface area contributed by atoms with E-state index in [0.717, 1.165) is 11.3 Å². The maximum Gasteiger partial charge on any atom is 0.250 e. The summed E-state index contributed by atoms with van der Waals surface area (Å²) in [6, 6.07) is 3.00. The van der Waals surface area contributed by atoms with Crippen molar-refractivity contribution in [2.45, 2.75) is 22.8 Å². The van der Waals surface area contributed by atoms with Crippen LogP contribution in [0.15, 0.2) is 21.7 Å². The molecule has 0 aromatic carbocycles. The highest BCUT2D eigenvalue weighted by atomic mass is 35.5. The average Bonchev–Trinajstić information content (AvgIpc) is 3.05. The Morgan fingerprint density at radius 1 is 1.52 bits per heavy atom. The summed E-state index contributed by atoms with van der Waals surface area (Å²) in [5.74, 6) is -0.436. The van der Waals surface area contributed by atoms with Crippen LogP contribution in [-0.2, 0) is 14.8 Å². The number of carbonyl (C=O) groups is 1. The molecule has 1 aliphatic rings. The Bertz CT molecular complexity index is 553. The molecule has 1 amide bonds. The molecule has 0 radical (unpaired) electrons. The number of alkyl halides is 1. The van der Waals surface area contributed by atoms with Crippen molar-refractivity contribution in [1.29, 1.82) is 0 Å². The third-order valence-corrected chi connectivity index (χ3v) is 5.70. The molecule has 1 aliphatic heterocycles. The summed E-state index contributed by atoms with van der Waals surface area (Å²) in [5.41, 5.74) is 0. The number of hydrogen-bond donors (Lipinski definition) is 3. The lowest BCUT2D eigenvalue weighted by atomic mass is 10.2. The van der Waals surface area contributed by atoms with Gasteiger partial charge in [-0.2, -0.15) is 0 Å². The van der Waals surface area contributed by atoms with Crippen LogP contribution in [0.1, 0.15) is 6.42 Å². The monoisotopic (exact) mass is 357 g/mol. The Morgan fingerprint density at radius 2 is 2.29 bits per heavy atom. The third kappa shape index (κ3) is 5.51. The van der Waals surface area contributed by atoms with Gasteiger partial charge in [-0.3, -0.25) is 4.79 Å². The van der Waals surface area contributed by atoms with E-state index in [-0.39, 0.29) is 29.2 Å². The zero-order chi connectivity index (χ0) is 14.6. The maximum absolute atomic E-state index is 12.9. The molecular weight excluding hydrogens is 341 g/mol. The maximum atomic E-state index is 12.9. The normalized spacial score (nSPS) is 21.8. The molecule has 1 fully saturated rings. The van der Waals surface area contributed by atoms with Crippen molar-refractivity contribution in [2.24, 2.45) is 0 Å². The van der Waals surface area contributed by atoms with E-state index in [9.17, 15) is 17.6 Å². The highest BCUT2D eigenvalue weighted by Crippen LogP contribution is 2.14. The molecule has 3 N–H and O–H groups in total. The predicted octanol–water partition coefficient (Wildman–Crippen LogP) is 0.264. The molecule has 0 saturated carbocycles. The van der Waals surface area contributed by atoms with Gasteiger partial charge in [0, 0.05) is 19.1 Å². The van der Waals surface area contributed by atoms with Gasteiger partial charge in [-0.05, 0) is 17.9 Å². The number of halogens is 2. The van der Waals surface area contributed by atoms with Gasteiger partial charge in [0.2, 0.25) is 5.91 Å². The molecule has 10 heteroatoms. The van der Waals surface area contributed by atoms with Gasteiger partial charge < -0.3 is 10.6 Å². The molecule has 6 nitrogen and oxygen atoms in total. The van der Waals surface area contributed by atoms with E-state index in [1.54, 1.807) is 11.4 Å². The molecule has 1 aromatic heterocycles. The fourth-order valence-corrected chi connectivity index (χ4v) is 3.89. The summed E-state index contributed by atoms with van der Waals surface area (Å²) in [7, 11) is -3.63. The Morgan fingerprint density at radius 3 is 2.86 bits per heavy atom. The summed E-state index contributed by atoms with van der Waals surface area (Å²) in [6.07, 6.45) is -0.518. The summed E-state index contributed by atoms with van der Waals surface area (Å²) in [5, 5.41) is 7.15. The number of thiophene rings is 1. The van der Waals surface area contributed by atoms with Gasteiger partial charge in [0.1, 0.15) is 10.4 Å². The third-order valence-electron chi connectivity index (χ3n) is 2.90. The fraction of sp³-hybridized carbons (Fsp3) is 0.545. The standard InChI is InChI=1S/C11H16FN3O3S2.ClH/c12-8-4-9(13-5-8)6-14-10(16)7-15-20(17,18)11-2-1-3-19-11;/h1-3,8-9,13,15H,4-7H2,(H,14,16);1H/t8-,9-;/m0./s1. The van der Waals surface area contributed by atoms with E-state index in [1.807, 2.05) is 0 Å². The van der Waals surface area contributed by atoms with Crippen LogP contribution in [0.5, 0.6) is 0 Å². The summed E-state index contributed by atoms with van der Waals surface area (Å²) >= 11 is 1.08. The quantitative estimate of drug-likeness (QED) is 0.681. The molecule has 1 aromatic rings. The molecule has 21 heavy (non-hydrogen) atoms. The second-order valence-electron chi connectivity index (χ2n) is 4.50. The zero-order valence-corrected chi connectivity index (χ0v) is 13.5. The Balaban J connectivity index is 0.00000220. The molecule has 2 atom stereocenters. The van der Waals surface area contributed by atoms with Crippen molar-refractivity contribution in [3.05, 3.63) is 17.5 Å². The lowest BCUT2D eigenvalue weighted by molar-refractivity contribution is -0.120. The Hall–Kier alpha value is -0.740. The van der Waals surface area contributed by atoms with Crippen LogP contribution in [0.25, 0.3) is 0 Å². The summed E-state index contributed by atoms with van der Waals surface area (Å²) in [4.78, 5) is 11.5. The number of nitrogens with one attached hydrogen (secondary N) is 3. The van der Waals surface area contributed by atoms with Gasteiger partial charge in [-0.15, -0.1) is 23.7 Å². The van der Waals surface area contributed by atoms with E-state index in [4.69, 9.17) is 0 Å². The van der Waals surface area contributed by atoms with Crippen molar-refractivity contribution in [3.8, 4) is 0 Å². The van der Waals surface area contributed by atoms with Crippen LogP contribution in [0.2, 0.25) is 0 Å². The van der Waals surface area contributed by atoms with Gasteiger partial charge in [0.15, 0.2) is 0 Å². The lowest BCUT2D eigenvalue weighted by Gasteiger charge is -2.11. The van der Waals surface area contributed by atoms with Gasteiger partial charge in [0.25, 0.3) is 10.0 Å². The number of carbonyl (C=O) groups excluding carboxylic acids is 1. The van der Waals surface area contributed by atoms with Crippen molar-refractivity contribution >= 4 is 39.7 Å². The smallest absolute Gasteiger partial charge is 0.250 e.